The fraction of sp³-hybridized carbons (Fsp3) is 0.769. The van der Waals surface area contributed by atoms with Crippen LogP contribution in [-0.2, 0) is 6.42 Å². The third-order valence-corrected chi connectivity index (χ3v) is 4.81. The van der Waals surface area contributed by atoms with Crippen LogP contribution in [0.4, 0.5) is 0 Å². The van der Waals surface area contributed by atoms with Gasteiger partial charge in [-0.25, -0.2) is 4.98 Å². The molecular weight excluding hydrogens is 232 g/mol. The summed E-state index contributed by atoms with van der Waals surface area (Å²) in [5, 5.41) is 14.6. The van der Waals surface area contributed by atoms with Gasteiger partial charge in [0.15, 0.2) is 0 Å². The molecular formula is C13H22N2OS. The van der Waals surface area contributed by atoms with Gasteiger partial charge in [0.2, 0.25) is 0 Å². The van der Waals surface area contributed by atoms with Crippen LogP contribution < -0.4 is 5.32 Å². The van der Waals surface area contributed by atoms with E-state index in [1.165, 1.54) is 11.3 Å². The molecule has 0 radical (unpaired) electrons. The predicted octanol–water partition coefficient (Wildman–Crippen LogP) is 2.66. The van der Waals surface area contributed by atoms with E-state index in [0.717, 1.165) is 30.7 Å². The maximum absolute atomic E-state index is 9.94. The van der Waals surface area contributed by atoms with Gasteiger partial charge in [-0.15, -0.1) is 11.3 Å². The van der Waals surface area contributed by atoms with E-state index < -0.39 is 0 Å². The number of hydrogen-bond donors (Lipinski definition) is 2. The van der Waals surface area contributed by atoms with E-state index in [4.69, 9.17) is 0 Å². The summed E-state index contributed by atoms with van der Waals surface area (Å²) < 4.78 is 0. The Kier molecular flexibility index (Phi) is 4.54. The fourth-order valence-corrected chi connectivity index (χ4v) is 3.25. The van der Waals surface area contributed by atoms with Crippen molar-refractivity contribution >= 4 is 11.3 Å². The molecule has 4 heteroatoms. The van der Waals surface area contributed by atoms with Crippen LogP contribution in [0.15, 0.2) is 6.20 Å². The zero-order valence-corrected chi connectivity index (χ0v) is 11.5. The third kappa shape index (κ3) is 3.27. The molecule has 0 saturated heterocycles. The SMILES string of the molecule is CCc1cnc(C(C)N[C@@H]2CCCC[C@H]2O)s1. The van der Waals surface area contributed by atoms with Crippen LogP contribution in [0, 0.1) is 0 Å². The van der Waals surface area contributed by atoms with Gasteiger partial charge in [-0.3, -0.25) is 0 Å². The van der Waals surface area contributed by atoms with Crippen molar-refractivity contribution in [3.05, 3.63) is 16.1 Å². The molecule has 3 nitrogen and oxygen atoms in total. The quantitative estimate of drug-likeness (QED) is 0.868. The van der Waals surface area contributed by atoms with Gasteiger partial charge in [-0.1, -0.05) is 19.8 Å². The normalized spacial score (nSPS) is 27.0. The predicted molar refractivity (Wildman–Crippen MR) is 71.3 cm³/mol. The lowest BCUT2D eigenvalue weighted by Crippen LogP contribution is -2.43. The van der Waals surface area contributed by atoms with Crippen molar-refractivity contribution < 1.29 is 5.11 Å². The highest BCUT2D eigenvalue weighted by atomic mass is 32.1. The van der Waals surface area contributed by atoms with Gasteiger partial charge >= 0.3 is 0 Å². The molecule has 1 aromatic rings. The third-order valence-electron chi connectivity index (χ3n) is 3.48. The molecule has 1 fully saturated rings. The number of hydrogen-bond acceptors (Lipinski definition) is 4. The van der Waals surface area contributed by atoms with Crippen LogP contribution in [0.1, 0.15) is 55.5 Å². The number of aromatic nitrogens is 1. The highest BCUT2D eigenvalue weighted by Gasteiger charge is 2.25. The molecule has 1 saturated carbocycles. The number of aliphatic hydroxyl groups excluding tert-OH is 1. The summed E-state index contributed by atoms with van der Waals surface area (Å²) in [4.78, 5) is 5.78. The maximum Gasteiger partial charge on any atom is 0.109 e. The second-order valence-corrected chi connectivity index (χ2v) is 6.01. The number of aliphatic hydroxyl groups is 1. The summed E-state index contributed by atoms with van der Waals surface area (Å²) in [6.07, 6.45) is 7.23. The van der Waals surface area contributed by atoms with Crippen LogP contribution in [0.25, 0.3) is 0 Å². The van der Waals surface area contributed by atoms with Gasteiger partial charge in [0.05, 0.1) is 12.1 Å². The van der Waals surface area contributed by atoms with Crippen LogP contribution in [-0.4, -0.2) is 22.2 Å². The molecule has 1 aliphatic carbocycles. The Morgan fingerprint density at radius 1 is 1.53 bits per heavy atom. The Morgan fingerprint density at radius 2 is 2.29 bits per heavy atom. The van der Waals surface area contributed by atoms with Crippen molar-refractivity contribution in [1.29, 1.82) is 0 Å². The molecule has 17 heavy (non-hydrogen) atoms. The lowest BCUT2D eigenvalue weighted by atomic mass is 9.92. The van der Waals surface area contributed by atoms with E-state index in [2.05, 4.69) is 24.1 Å². The minimum atomic E-state index is -0.184. The van der Waals surface area contributed by atoms with Crippen molar-refractivity contribution in [2.45, 2.75) is 64.1 Å². The molecule has 2 N–H and O–H groups in total. The Morgan fingerprint density at radius 3 is 2.94 bits per heavy atom. The summed E-state index contributed by atoms with van der Waals surface area (Å²) in [6, 6.07) is 0.491. The molecule has 0 amide bonds. The Labute approximate surface area is 107 Å². The van der Waals surface area contributed by atoms with E-state index in [9.17, 15) is 5.11 Å². The molecule has 0 aliphatic heterocycles. The Hall–Kier alpha value is -0.450. The molecule has 2 rings (SSSR count). The van der Waals surface area contributed by atoms with Crippen molar-refractivity contribution in [3.63, 3.8) is 0 Å². The highest BCUT2D eigenvalue weighted by molar-refractivity contribution is 7.11. The number of rotatable bonds is 4. The molecule has 0 bridgehead atoms. The minimum absolute atomic E-state index is 0.184. The average Bonchev–Trinajstić information content (AvgIpc) is 2.81. The number of nitrogens with zero attached hydrogens (tertiary/aromatic N) is 1. The Bertz CT molecular complexity index is 353. The molecule has 96 valence electrons. The van der Waals surface area contributed by atoms with Crippen LogP contribution in [0.5, 0.6) is 0 Å². The zero-order valence-electron chi connectivity index (χ0n) is 10.6. The first kappa shape index (κ1) is 13.0. The number of thiazole rings is 1. The van der Waals surface area contributed by atoms with Crippen molar-refractivity contribution in [2.24, 2.45) is 0 Å². The van der Waals surface area contributed by atoms with Crippen molar-refractivity contribution in [2.75, 3.05) is 0 Å². The lowest BCUT2D eigenvalue weighted by molar-refractivity contribution is 0.0859. The largest absolute Gasteiger partial charge is 0.392 e. The highest BCUT2D eigenvalue weighted by Crippen LogP contribution is 2.24. The van der Waals surface area contributed by atoms with Gasteiger partial charge in [0.25, 0.3) is 0 Å². The lowest BCUT2D eigenvalue weighted by Gasteiger charge is -2.30. The van der Waals surface area contributed by atoms with E-state index in [1.807, 2.05) is 6.20 Å². The van der Waals surface area contributed by atoms with Crippen LogP contribution >= 0.6 is 11.3 Å². The van der Waals surface area contributed by atoms with E-state index in [1.54, 1.807) is 11.3 Å². The van der Waals surface area contributed by atoms with Gasteiger partial charge < -0.3 is 10.4 Å². The first-order valence-electron chi connectivity index (χ1n) is 6.59. The topological polar surface area (TPSA) is 45.2 Å². The second-order valence-electron chi connectivity index (χ2n) is 4.87. The molecule has 0 aromatic carbocycles. The van der Waals surface area contributed by atoms with Crippen molar-refractivity contribution in [3.8, 4) is 0 Å². The monoisotopic (exact) mass is 254 g/mol. The summed E-state index contributed by atoms with van der Waals surface area (Å²) in [5.41, 5.74) is 0. The minimum Gasteiger partial charge on any atom is -0.392 e. The van der Waals surface area contributed by atoms with Crippen molar-refractivity contribution in [1.82, 2.24) is 10.3 Å². The van der Waals surface area contributed by atoms with Gasteiger partial charge in [-0.2, -0.15) is 0 Å². The molecule has 1 heterocycles. The number of nitrogens with one attached hydrogen (secondary N) is 1. The first-order valence-corrected chi connectivity index (χ1v) is 7.41. The maximum atomic E-state index is 9.94. The smallest absolute Gasteiger partial charge is 0.109 e. The standard InChI is InChI=1S/C13H22N2OS/c1-3-10-8-14-13(17-10)9(2)15-11-6-4-5-7-12(11)16/h8-9,11-12,15-16H,3-7H2,1-2H3/t9?,11-,12-/m1/s1. The van der Waals surface area contributed by atoms with Crippen LogP contribution in [0.3, 0.4) is 0 Å². The Balaban J connectivity index is 1.93. The van der Waals surface area contributed by atoms with Gasteiger partial charge in [0, 0.05) is 17.1 Å². The molecule has 3 atom stereocenters. The molecule has 1 aliphatic rings. The van der Waals surface area contributed by atoms with Gasteiger partial charge in [-0.05, 0) is 26.2 Å². The molecule has 1 aromatic heterocycles. The van der Waals surface area contributed by atoms with E-state index in [-0.39, 0.29) is 18.2 Å². The summed E-state index contributed by atoms with van der Waals surface area (Å²) in [5.74, 6) is 0. The van der Waals surface area contributed by atoms with E-state index in [0.29, 0.717) is 0 Å². The molecule has 0 spiro atoms. The zero-order chi connectivity index (χ0) is 12.3. The van der Waals surface area contributed by atoms with Gasteiger partial charge in [0.1, 0.15) is 5.01 Å². The van der Waals surface area contributed by atoms with Crippen LogP contribution in [0.2, 0.25) is 0 Å². The summed E-state index contributed by atoms with van der Waals surface area (Å²) >= 11 is 1.78. The fourth-order valence-electron chi connectivity index (χ4n) is 2.38. The molecule has 1 unspecified atom stereocenters. The first-order chi connectivity index (χ1) is 8.20. The number of aryl methyl sites for hydroxylation is 1. The summed E-state index contributed by atoms with van der Waals surface area (Å²) in [7, 11) is 0. The van der Waals surface area contributed by atoms with E-state index >= 15 is 0 Å². The summed E-state index contributed by atoms with van der Waals surface area (Å²) in [6.45, 7) is 4.29. The second kappa shape index (κ2) is 5.94. The average molecular weight is 254 g/mol.